The van der Waals surface area contributed by atoms with Gasteiger partial charge in [-0.3, -0.25) is 14.2 Å². The Morgan fingerprint density at radius 3 is 2.05 bits per heavy atom. The zero-order chi connectivity index (χ0) is 30.3. The van der Waals surface area contributed by atoms with Gasteiger partial charge in [0.15, 0.2) is 6.23 Å². The summed E-state index contributed by atoms with van der Waals surface area (Å²) in [6, 6.07) is 1.41. The van der Waals surface area contributed by atoms with Crippen LogP contribution in [0.3, 0.4) is 0 Å². The van der Waals surface area contributed by atoms with Gasteiger partial charge in [-0.25, -0.2) is 4.79 Å². The highest BCUT2D eigenvalue weighted by atomic mass is 16.6. The molecule has 11 nitrogen and oxygen atoms in total. The summed E-state index contributed by atoms with van der Waals surface area (Å²) in [7, 11) is 0. The van der Waals surface area contributed by atoms with E-state index in [-0.39, 0.29) is 29.5 Å². The smallest absolute Gasteiger partial charge is 0.351 e. The maximum atomic E-state index is 12.8. The van der Waals surface area contributed by atoms with E-state index in [1.807, 2.05) is 0 Å². The minimum Gasteiger partial charge on any atom is -0.465 e. The molecule has 4 atom stereocenters. The monoisotopic (exact) mass is 593 g/mol. The molecule has 2 fully saturated rings. The standard InChI is InChI=1S/C31H51N3O8/c1-2-3-4-5-6-7-8-9-10-11-12-13-20-41-30(39)23-16-14-22(15-17-23)28(38)32-25-18-19-34(31(40)33-25)29-27(37)26(36)24(21-35)42-29/h18-19,22-24,26-27,29,35-37H,2-17,20-21H2,1H3,(H,32,33,38,40)/t22?,23?,24-,26-,27+,29-/m1/s1. The van der Waals surface area contributed by atoms with Crippen molar-refractivity contribution in [1.29, 1.82) is 0 Å². The number of ether oxygens (including phenoxy) is 2. The van der Waals surface area contributed by atoms with E-state index < -0.39 is 36.8 Å². The lowest BCUT2D eigenvalue weighted by atomic mass is 9.81. The fraction of sp³-hybridized carbons (Fsp3) is 0.806. The molecule has 4 N–H and O–H groups in total. The molecule has 2 heterocycles. The maximum absolute atomic E-state index is 12.8. The highest BCUT2D eigenvalue weighted by Crippen LogP contribution is 2.31. The van der Waals surface area contributed by atoms with Crippen LogP contribution in [0.15, 0.2) is 17.1 Å². The lowest BCUT2D eigenvalue weighted by Gasteiger charge is -2.26. The summed E-state index contributed by atoms with van der Waals surface area (Å²) >= 11 is 0. The van der Waals surface area contributed by atoms with Gasteiger partial charge in [-0.2, -0.15) is 4.98 Å². The lowest BCUT2D eigenvalue weighted by molar-refractivity contribution is -0.150. The molecule has 1 aliphatic carbocycles. The van der Waals surface area contributed by atoms with Crippen molar-refractivity contribution in [3.8, 4) is 0 Å². The molecule has 0 aromatic carbocycles. The zero-order valence-corrected chi connectivity index (χ0v) is 25.1. The van der Waals surface area contributed by atoms with Crippen LogP contribution in [0.4, 0.5) is 5.82 Å². The molecule has 11 heteroatoms. The SMILES string of the molecule is CCCCCCCCCCCCCCOC(=O)C1CCC(C(=O)Nc2ccn([C@@H]3O[C@H](CO)[C@@H](O)[C@@H]3O)c(=O)n2)CC1. The highest BCUT2D eigenvalue weighted by molar-refractivity contribution is 5.91. The van der Waals surface area contributed by atoms with Crippen molar-refractivity contribution in [3.63, 3.8) is 0 Å². The van der Waals surface area contributed by atoms with E-state index in [4.69, 9.17) is 9.47 Å². The molecule has 1 amide bonds. The van der Waals surface area contributed by atoms with Crippen molar-refractivity contribution in [2.24, 2.45) is 11.8 Å². The Bertz CT molecular complexity index is 1010. The molecule has 1 saturated heterocycles. The summed E-state index contributed by atoms with van der Waals surface area (Å²) in [5.41, 5.74) is -0.776. The second-order valence-corrected chi connectivity index (χ2v) is 11.8. The number of carbonyl (C=O) groups excluding carboxylic acids is 2. The number of carbonyl (C=O) groups is 2. The van der Waals surface area contributed by atoms with Gasteiger partial charge in [0.1, 0.15) is 24.1 Å². The van der Waals surface area contributed by atoms with Crippen molar-refractivity contribution >= 4 is 17.7 Å². The third kappa shape index (κ3) is 10.4. The summed E-state index contributed by atoms with van der Waals surface area (Å²) in [5, 5.41) is 32.0. The number of esters is 1. The third-order valence-corrected chi connectivity index (χ3v) is 8.55. The van der Waals surface area contributed by atoms with Crippen LogP contribution in [0.1, 0.15) is 116 Å². The van der Waals surface area contributed by atoms with E-state index in [1.165, 1.54) is 76.5 Å². The van der Waals surface area contributed by atoms with Crippen LogP contribution in [0.5, 0.6) is 0 Å². The predicted octanol–water partition coefficient (Wildman–Crippen LogP) is 3.84. The molecule has 42 heavy (non-hydrogen) atoms. The van der Waals surface area contributed by atoms with Gasteiger partial charge in [-0.05, 0) is 38.2 Å². The van der Waals surface area contributed by atoms with E-state index in [9.17, 15) is 29.7 Å². The Kier molecular flexibility index (Phi) is 14.9. The summed E-state index contributed by atoms with van der Waals surface area (Å²) in [5.74, 6) is -0.862. The zero-order valence-electron chi connectivity index (χ0n) is 25.1. The highest BCUT2D eigenvalue weighted by Gasteiger charge is 2.43. The minimum atomic E-state index is -1.41. The number of aromatic nitrogens is 2. The summed E-state index contributed by atoms with van der Waals surface area (Å²) in [6.45, 7) is 2.19. The molecular formula is C31H51N3O8. The van der Waals surface area contributed by atoms with Gasteiger partial charge < -0.3 is 30.1 Å². The quantitative estimate of drug-likeness (QED) is 0.146. The fourth-order valence-corrected chi connectivity index (χ4v) is 5.84. The first-order chi connectivity index (χ1) is 20.3. The number of aliphatic hydroxyl groups excluding tert-OH is 3. The Morgan fingerprint density at radius 2 is 1.50 bits per heavy atom. The Hall–Kier alpha value is -2.34. The average molecular weight is 594 g/mol. The first-order valence-electron chi connectivity index (χ1n) is 16.0. The number of nitrogens with one attached hydrogen (secondary N) is 1. The van der Waals surface area contributed by atoms with E-state index in [0.717, 1.165) is 17.4 Å². The first-order valence-corrected chi connectivity index (χ1v) is 16.0. The molecule has 0 radical (unpaired) electrons. The van der Waals surface area contributed by atoms with Gasteiger partial charge in [0, 0.05) is 12.1 Å². The first kappa shape index (κ1) is 34.2. The van der Waals surface area contributed by atoms with Gasteiger partial charge in [0.2, 0.25) is 5.91 Å². The molecular weight excluding hydrogens is 542 g/mol. The van der Waals surface area contributed by atoms with Crippen LogP contribution in [0, 0.1) is 11.8 Å². The molecule has 1 aromatic rings. The van der Waals surface area contributed by atoms with Crippen LogP contribution in [-0.4, -0.2) is 68.3 Å². The Morgan fingerprint density at radius 1 is 0.929 bits per heavy atom. The Labute approximate surface area is 249 Å². The summed E-state index contributed by atoms with van der Waals surface area (Å²) < 4.78 is 11.9. The summed E-state index contributed by atoms with van der Waals surface area (Å²) in [4.78, 5) is 41.6. The largest absolute Gasteiger partial charge is 0.465 e. The van der Waals surface area contributed by atoms with Crippen molar-refractivity contribution < 1.29 is 34.4 Å². The van der Waals surface area contributed by atoms with Crippen LogP contribution < -0.4 is 11.0 Å². The van der Waals surface area contributed by atoms with E-state index in [0.29, 0.717) is 32.3 Å². The number of unbranched alkanes of at least 4 members (excludes halogenated alkanes) is 11. The normalized spacial score (nSPS) is 25.8. The molecule has 1 aromatic heterocycles. The lowest BCUT2D eigenvalue weighted by Crippen LogP contribution is -2.36. The van der Waals surface area contributed by atoms with E-state index in [1.54, 1.807) is 0 Å². The number of rotatable bonds is 18. The van der Waals surface area contributed by atoms with Crippen LogP contribution >= 0.6 is 0 Å². The molecule has 1 saturated carbocycles. The summed E-state index contributed by atoms with van der Waals surface area (Å²) in [6.07, 6.45) is 13.7. The van der Waals surface area contributed by atoms with Crippen LogP contribution in [0.2, 0.25) is 0 Å². The predicted molar refractivity (Wildman–Crippen MR) is 158 cm³/mol. The molecule has 2 aliphatic rings. The number of anilines is 1. The van der Waals surface area contributed by atoms with Crippen LogP contribution in [0.25, 0.3) is 0 Å². The second-order valence-electron chi connectivity index (χ2n) is 11.8. The number of hydrogen-bond donors (Lipinski definition) is 4. The third-order valence-electron chi connectivity index (χ3n) is 8.55. The van der Waals surface area contributed by atoms with Gasteiger partial charge in [-0.15, -0.1) is 0 Å². The molecule has 0 spiro atoms. The van der Waals surface area contributed by atoms with Crippen LogP contribution in [-0.2, 0) is 19.1 Å². The molecule has 0 unspecified atom stereocenters. The van der Waals surface area contributed by atoms with Crippen molar-refractivity contribution in [3.05, 3.63) is 22.7 Å². The molecule has 238 valence electrons. The second kappa shape index (κ2) is 18.4. The van der Waals surface area contributed by atoms with Crippen molar-refractivity contribution in [2.45, 2.75) is 134 Å². The minimum absolute atomic E-state index is 0.0666. The van der Waals surface area contributed by atoms with E-state index in [2.05, 4.69) is 17.2 Å². The molecule has 3 rings (SSSR count). The fourth-order valence-electron chi connectivity index (χ4n) is 5.84. The van der Waals surface area contributed by atoms with Crippen molar-refractivity contribution in [2.75, 3.05) is 18.5 Å². The van der Waals surface area contributed by atoms with Gasteiger partial charge in [0.05, 0.1) is 19.1 Å². The van der Waals surface area contributed by atoms with Gasteiger partial charge >= 0.3 is 11.7 Å². The Balaban J connectivity index is 1.27. The number of hydrogen-bond acceptors (Lipinski definition) is 9. The number of amides is 1. The molecule has 1 aliphatic heterocycles. The topological polar surface area (TPSA) is 160 Å². The number of aliphatic hydroxyl groups is 3. The van der Waals surface area contributed by atoms with E-state index >= 15 is 0 Å². The molecule has 0 bridgehead atoms. The number of nitrogens with zero attached hydrogens (tertiary/aromatic N) is 2. The maximum Gasteiger partial charge on any atom is 0.351 e. The van der Waals surface area contributed by atoms with Gasteiger partial charge in [-0.1, -0.05) is 77.6 Å². The van der Waals surface area contributed by atoms with Gasteiger partial charge in [0.25, 0.3) is 0 Å². The van der Waals surface area contributed by atoms with Crippen molar-refractivity contribution in [1.82, 2.24) is 9.55 Å². The average Bonchev–Trinajstić information content (AvgIpc) is 3.28.